The predicted octanol–water partition coefficient (Wildman–Crippen LogP) is 0.757. The Labute approximate surface area is 101 Å². The number of nitrogens with two attached hydrogens (primary N) is 1. The van der Waals surface area contributed by atoms with Crippen LogP contribution in [0.1, 0.15) is 6.92 Å². The van der Waals surface area contributed by atoms with Crippen molar-refractivity contribution in [2.75, 3.05) is 5.32 Å². The molecule has 0 aliphatic heterocycles. The zero-order chi connectivity index (χ0) is 13.3. The largest absolute Gasteiger partial charge is 0.368 e. The van der Waals surface area contributed by atoms with Crippen LogP contribution in [0.4, 0.5) is 11.6 Å². The van der Waals surface area contributed by atoms with Gasteiger partial charge in [0.05, 0.1) is 16.0 Å². The number of carbonyl (C=O) groups is 1. The first-order valence-electron chi connectivity index (χ1n) is 5.17. The van der Waals surface area contributed by atoms with E-state index in [4.69, 9.17) is 5.73 Å². The average Bonchev–Trinajstić information content (AvgIpc) is 2.69. The lowest BCUT2D eigenvalue weighted by molar-refractivity contribution is -0.384. The van der Waals surface area contributed by atoms with E-state index in [-0.39, 0.29) is 5.69 Å². The van der Waals surface area contributed by atoms with Crippen molar-refractivity contribution in [2.24, 2.45) is 5.73 Å². The van der Waals surface area contributed by atoms with Crippen LogP contribution in [0.3, 0.4) is 0 Å². The van der Waals surface area contributed by atoms with E-state index in [0.29, 0.717) is 17.0 Å². The van der Waals surface area contributed by atoms with Crippen molar-refractivity contribution in [2.45, 2.75) is 13.0 Å². The maximum atomic E-state index is 10.9. The minimum absolute atomic E-state index is 0.0272. The molecule has 2 aromatic rings. The van der Waals surface area contributed by atoms with Crippen molar-refractivity contribution < 1.29 is 9.72 Å². The molecule has 0 saturated carbocycles. The number of nitrogens with zero attached hydrogens (tertiary/aromatic N) is 2. The summed E-state index contributed by atoms with van der Waals surface area (Å²) < 4.78 is 0. The average molecular weight is 249 g/mol. The molecular weight excluding hydrogens is 238 g/mol. The Bertz CT molecular complexity index is 621. The Hall–Kier alpha value is -2.64. The molecule has 8 nitrogen and oxygen atoms in total. The van der Waals surface area contributed by atoms with Gasteiger partial charge in [-0.15, -0.1) is 0 Å². The van der Waals surface area contributed by atoms with Crippen molar-refractivity contribution >= 4 is 28.6 Å². The molecule has 18 heavy (non-hydrogen) atoms. The van der Waals surface area contributed by atoms with Gasteiger partial charge in [0.25, 0.3) is 5.69 Å². The number of primary amides is 1. The Morgan fingerprint density at radius 1 is 1.61 bits per heavy atom. The van der Waals surface area contributed by atoms with Gasteiger partial charge in [0.1, 0.15) is 6.04 Å². The van der Waals surface area contributed by atoms with Gasteiger partial charge in [-0.2, -0.15) is 0 Å². The molecule has 1 heterocycles. The number of aromatic nitrogens is 2. The monoisotopic (exact) mass is 249 g/mol. The van der Waals surface area contributed by atoms with E-state index < -0.39 is 16.9 Å². The molecular formula is C10H11N5O3. The van der Waals surface area contributed by atoms with E-state index in [1.165, 1.54) is 18.2 Å². The number of amides is 1. The second-order valence-electron chi connectivity index (χ2n) is 3.81. The third-order valence-electron chi connectivity index (χ3n) is 2.46. The summed E-state index contributed by atoms with van der Waals surface area (Å²) in [7, 11) is 0. The highest BCUT2D eigenvalue weighted by molar-refractivity contribution is 5.84. The van der Waals surface area contributed by atoms with E-state index in [2.05, 4.69) is 15.3 Å². The molecule has 0 spiro atoms. The molecule has 0 bridgehead atoms. The first kappa shape index (κ1) is 11.8. The summed E-state index contributed by atoms with van der Waals surface area (Å²) in [4.78, 5) is 28.0. The number of imidazole rings is 1. The highest BCUT2D eigenvalue weighted by Gasteiger charge is 2.12. The fourth-order valence-electron chi connectivity index (χ4n) is 1.46. The molecule has 1 atom stereocenters. The summed E-state index contributed by atoms with van der Waals surface area (Å²) in [6.07, 6.45) is 0. The standard InChI is InChI=1S/C10H11N5O3/c1-5(9(11)16)12-10-13-7-3-2-6(15(17)18)4-8(7)14-10/h2-5H,1H3,(H2,11,16)(H2,12,13,14). The summed E-state index contributed by atoms with van der Waals surface area (Å²) >= 11 is 0. The number of H-pyrrole nitrogens is 1. The second-order valence-corrected chi connectivity index (χ2v) is 3.81. The van der Waals surface area contributed by atoms with Gasteiger partial charge in [-0.1, -0.05) is 0 Å². The number of nitro benzene ring substituents is 1. The minimum Gasteiger partial charge on any atom is -0.368 e. The van der Waals surface area contributed by atoms with E-state index >= 15 is 0 Å². The van der Waals surface area contributed by atoms with Crippen molar-refractivity contribution in [1.29, 1.82) is 0 Å². The summed E-state index contributed by atoms with van der Waals surface area (Å²) in [6, 6.07) is 3.69. The van der Waals surface area contributed by atoms with E-state index in [1.807, 2.05) is 0 Å². The number of carbonyl (C=O) groups excluding carboxylic acids is 1. The number of fused-ring (bicyclic) bond motifs is 1. The number of aromatic amines is 1. The number of non-ortho nitro benzene ring substituents is 1. The first-order chi connectivity index (χ1) is 8.47. The highest BCUT2D eigenvalue weighted by Crippen LogP contribution is 2.20. The summed E-state index contributed by atoms with van der Waals surface area (Å²) in [5.41, 5.74) is 6.17. The van der Waals surface area contributed by atoms with E-state index in [0.717, 1.165) is 0 Å². The number of anilines is 1. The molecule has 94 valence electrons. The molecule has 0 aliphatic carbocycles. The quantitative estimate of drug-likeness (QED) is 0.544. The molecule has 0 aliphatic rings. The third-order valence-corrected chi connectivity index (χ3v) is 2.46. The number of nitrogens with one attached hydrogen (secondary N) is 2. The van der Waals surface area contributed by atoms with Crippen LogP contribution in [0.15, 0.2) is 18.2 Å². The van der Waals surface area contributed by atoms with Gasteiger partial charge < -0.3 is 16.0 Å². The van der Waals surface area contributed by atoms with Gasteiger partial charge in [-0.25, -0.2) is 4.98 Å². The maximum Gasteiger partial charge on any atom is 0.271 e. The number of hydrogen-bond donors (Lipinski definition) is 3. The Kier molecular flexibility index (Phi) is 2.84. The van der Waals surface area contributed by atoms with Crippen LogP contribution in [0.2, 0.25) is 0 Å². The number of hydrogen-bond acceptors (Lipinski definition) is 5. The van der Waals surface area contributed by atoms with Crippen LogP contribution in [0, 0.1) is 10.1 Å². The molecule has 0 saturated heterocycles. The number of nitro groups is 1. The zero-order valence-corrected chi connectivity index (χ0v) is 9.51. The van der Waals surface area contributed by atoms with Crippen molar-refractivity contribution in [1.82, 2.24) is 9.97 Å². The Balaban J connectivity index is 2.32. The number of rotatable bonds is 4. The van der Waals surface area contributed by atoms with Gasteiger partial charge in [-0.3, -0.25) is 14.9 Å². The first-order valence-corrected chi connectivity index (χ1v) is 5.17. The SMILES string of the molecule is CC(Nc1nc2ccc([N+](=O)[O-])cc2[nH]1)C(N)=O. The molecule has 2 rings (SSSR count). The van der Waals surface area contributed by atoms with Crippen LogP contribution in [0.25, 0.3) is 11.0 Å². The highest BCUT2D eigenvalue weighted by atomic mass is 16.6. The maximum absolute atomic E-state index is 10.9. The molecule has 1 aromatic heterocycles. The molecule has 8 heteroatoms. The lowest BCUT2D eigenvalue weighted by Crippen LogP contribution is -2.32. The van der Waals surface area contributed by atoms with E-state index in [9.17, 15) is 14.9 Å². The van der Waals surface area contributed by atoms with Crippen LogP contribution < -0.4 is 11.1 Å². The second kappa shape index (κ2) is 4.32. The van der Waals surface area contributed by atoms with Gasteiger partial charge in [0, 0.05) is 12.1 Å². The zero-order valence-electron chi connectivity index (χ0n) is 9.51. The van der Waals surface area contributed by atoms with Crippen LogP contribution in [0.5, 0.6) is 0 Å². The van der Waals surface area contributed by atoms with Crippen molar-refractivity contribution in [3.8, 4) is 0 Å². The Morgan fingerprint density at radius 3 is 2.94 bits per heavy atom. The topological polar surface area (TPSA) is 127 Å². The number of benzene rings is 1. The van der Waals surface area contributed by atoms with Gasteiger partial charge in [0.2, 0.25) is 11.9 Å². The molecule has 1 amide bonds. The van der Waals surface area contributed by atoms with Crippen LogP contribution in [-0.2, 0) is 4.79 Å². The van der Waals surface area contributed by atoms with Crippen molar-refractivity contribution in [3.63, 3.8) is 0 Å². The fraction of sp³-hybridized carbons (Fsp3) is 0.200. The molecule has 1 aromatic carbocycles. The molecule has 4 N–H and O–H groups in total. The smallest absolute Gasteiger partial charge is 0.271 e. The summed E-state index contributed by atoms with van der Waals surface area (Å²) in [5, 5.41) is 13.4. The normalized spacial score (nSPS) is 12.3. The third kappa shape index (κ3) is 2.21. The van der Waals surface area contributed by atoms with E-state index in [1.54, 1.807) is 6.92 Å². The summed E-state index contributed by atoms with van der Waals surface area (Å²) in [5.74, 6) is -0.168. The molecule has 0 fully saturated rings. The lowest BCUT2D eigenvalue weighted by Gasteiger charge is -2.07. The Morgan fingerprint density at radius 2 is 2.33 bits per heavy atom. The van der Waals surface area contributed by atoms with Crippen LogP contribution in [-0.4, -0.2) is 26.8 Å². The van der Waals surface area contributed by atoms with Crippen LogP contribution >= 0.6 is 0 Å². The van der Waals surface area contributed by atoms with Gasteiger partial charge in [-0.05, 0) is 13.0 Å². The van der Waals surface area contributed by atoms with Crippen molar-refractivity contribution in [3.05, 3.63) is 28.3 Å². The summed E-state index contributed by atoms with van der Waals surface area (Å²) in [6.45, 7) is 1.60. The fourth-order valence-corrected chi connectivity index (χ4v) is 1.46. The predicted molar refractivity (Wildman–Crippen MR) is 65.0 cm³/mol. The molecule has 1 unspecified atom stereocenters. The van der Waals surface area contributed by atoms with Gasteiger partial charge in [0.15, 0.2) is 0 Å². The minimum atomic E-state index is -0.583. The van der Waals surface area contributed by atoms with Gasteiger partial charge >= 0.3 is 0 Å². The molecule has 0 radical (unpaired) electrons. The lowest BCUT2D eigenvalue weighted by atomic mass is 10.3.